The van der Waals surface area contributed by atoms with E-state index < -0.39 is 0 Å². The highest BCUT2D eigenvalue weighted by Gasteiger charge is 2.05. The summed E-state index contributed by atoms with van der Waals surface area (Å²) in [5, 5.41) is 0.775. The molecule has 2 N–H and O–H groups in total. The molecule has 1 unspecified atom stereocenters. The Labute approximate surface area is 112 Å². The van der Waals surface area contributed by atoms with Crippen LogP contribution in [0.3, 0.4) is 0 Å². The number of hydrogen-bond acceptors (Lipinski definition) is 4. The van der Waals surface area contributed by atoms with Crippen LogP contribution in [0.4, 0.5) is 0 Å². The molecule has 1 aromatic heterocycles. The summed E-state index contributed by atoms with van der Waals surface area (Å²) in [6.07, 6.45) is 4.43. The van der Waals surface area contributed by atoms with Gasteiger partial charge in [0.25, 0.3) is 0 Å². The lowest BCUT2D eigenvalue weighted by Crippen LogP contribution is -2.18. The number of nitrogens with zero attached hydrogens (tertiary/aromatic N) is 2. The first kappa shape index (κ1) is 13.1. The molecule has 0 aliphatic rings. The molecule has 1 heterocycles. The van der Waals surface area contributed by atoms with Gasteiger partial charge in [0, 0.05) is 23.3 Å². The lowest BCUT2D eigenvalue weighted by Gasteiger charge is -2.10. The Morgan fingerprint density at radius 3 is 2.61 bits per heavy atom. The van der Waals surface area contributed by atoms with Crippen LogP contribution < -0.4 is 5.73 Å². The Kier molecular flexibility index (Phi) is 4.33. The number of benzene rings is 1. The fourth-order valence-corrected chi connectivity index (χ4v) is 2.56. The van der Waals surface area contributed by atoms with E-state index in [-0.39, 0.29) is 6.04 Å². The molecule has 0 bridgehead atoms. The highest BCUT2D eigenvalue weighted by atomic mass is 32.2. The summed E-state index contributed by atoms with van der Waals surface area (Å²) >= 11 is 1.58. The number of aromatic nitrogens is 2. The van der Waals surface area contributed by atoms with Gasteiger partial charge in [-0.2, -0.15) is 0 Å². The molecular weight excluding hydrogens is 242 g/mol. The van der Waals surface area contributed by atoms with E-state index in [2.05, 4.69) is 35.1 Å². The van der Waals surface area contributed by atoms with Crippen molar-refractivity contribution in [1.82, 2.24) is 9.97 Å². The molecule has 0 aliphatic heterocycles. The molecule has 18 heavy (non-hydrogen) atoms. The average molecular weight is 259 g/mol. The fourth-order valence-electron chi connectivity index (χ4n) is 1.75. The van der Waals surface area contributed by atoms with Crippen LogP contribution in [0.25, 0.3) is 0 Å². The minimum absolute atomic E-state index is 0.194. The van der Waals surface area contributed by atoms with E-state index in [4.69, 9.17) is 5.73 Å². The predicted molar refractivity (Wildman–Crippen MR) is 74.7 cm³/mol. The smallest absolute Gasteiger partial charge is 0.192 e. The molecule has 3 nitrogen and oxygen atoms in total. The minimum Gasteiger partial charge on any atom is -0.328 e. The second kappa shape index (κ2) is 5.98. The number of hydrogen-bond donors (Lipinski definition) is 1. The van der Waals surface area contributed by atoms with Crippen molar-refractivity contribution in [1.29, 1.82) is 0 Å². The molecule has 0 saturated carbocycles. The monoisotopic (exact) mass is 259 g/mol. The number of aryl methyl sites for hydroxylation is 1. The first-order chi connectivity index (χ1) is 8.65. The van der Waals surface area contributed by atoms with Gasteiger partial charge in [0.15, 0.2) is 5.16 Å². The fraction of sp³-hybridized carbons (Fsp3) is 0.286. The Hall–Kier alpha value is -1.39. The first-order valence-corrected chi connectivity index (χ1v) is 6.77. The molecule has 2 rings (SSSR count). The maximum Gasteiger partial charge on any atom is 0.192 e. The third-order valence-electron chi connectivity index (χ3n) is 2.61. The maximum absolute atomic E-state index is 5.83. The third kappa shape index (κ3) is 3.55. The zero-order valence-corrected chi connectivity index (χ0v) is 11.4. The lowest BCUT2D eigenvalue weighted by molar-refractivity contribution is 0.734. The van der Waals surface area contributed by atoms with E-state index in [9.17, 15) is 0 Å². The average Bonchev–Trinajstić information content (AvgIpc) is 2.33. The summed E-state index contributed by atoms with van der Waals surface area (Å²) < 4.78 is 0. The summed E-state index contributed by atoms with van der Waals surface area (Å²) in [4.78, 5) is 9.57. The Morgan fingerprint density at radius 1 is 1.28 bits per heavy atom. The van der Waals surface area contributed by atoms with E-state index >= 15 is 0 Å². The van der Waals surface area contributed by atoms with Crippen molar-refractivity contribution >= 4 is 11.8 Å². The Morgan fingerprint density at radius 2 is 2.00 bits per heavy atom. The molecule has 0 amide bonds. The molecular formula is C14H17N3S. The van der Waals surface area contributed by atoms with Gasteiger partial charge in [0.2, 0.25) is 0 Å². The summed E-state index contributed by atoms with van der Waals surface area (Å²) in [7, 11) is 0. The van der Waals surface area contributed by atoms with Crippen molar-refractivity contribution in [2.75, 3.05) is 0 Å². The second-order valence-electron chi connectivity index (χ2n) is 4.40. The van der Waals surface area contributed by atoms with Gasteiger partial charge in [-0.1, -0.05) is 6.07 Å². The van der Waals surface area contributed by atoms with Crippen molar-refractivity contribution in [2.45, 2.75) is 36.4 Å². The zero-order valence-electron chi connectivity index (χ0n) is 10.6. The van der Waals surface area contributed by atoms with Crippen LogP contribution in [0.1, 0.15) is 18.1 Å². The predicted octanol–water partition coefficient (Wildman–Crippen LogP) is 2.83. The molecule has 1 aromatic carbocycles. The number of nitrogens with two attached hydrogens (primary N) is 1. The maximum atomic E-state index is 5.83. The van der Waals surface area contributed by atoms with Crippen molar-refractivity contribution in [3.63, 3.8) is 0 Å². The van der Waals surface area contributed by atoms with Crippen molar-refractivity contribution in [3.8, 4) is 0 Å². The van der Waals surface area contributed by atoms with Crippen molar-refractivity contribution in [3.05, 3.63) is 47.8 Å². The molecule has 0 fully saturated rings. The molecule has 0 saturated heterocycles. The molecule has 0 radical (unpaired) electrons. The van der Waals surface area contributed by atoms with Gasteiger partial charge in [0.05, 0.1) is 0 Å². The van der Waals surface area contributed by atoms with E-state index in [1.807, 2.05) is 13.0 Å². The molecule has 94 valence electrons. The van der Waals surface area contributed by atoms with Crippen LogP contribution in [-0.2, 0) is 6.42 Å². The SMILES string of the molecule is Cc1cc(Sc2ncccn2)ccc1CC(C)N. The molecule has 4 heteroatoms. The summed E-state index contributed by atoms with van der Waals surface area (Å²) in [5.41, 5.74) is 8.41. The number of rotatable bonds is 4. The molecule has 0 spiro atoms. The van der Waals surface area contributed by atoms with E-state index in [0.29, 0.717) is 0 Å². The standard InChI is InChI=1S/C14H17N3S/c1-10-8-13(5-4-12(10)9-11(2)15)18-14-16-6-3-7-17-14/h3-8,11H,9,15H2,1-2H3. The van der Waals surface area contributed by atoms with Crippen LogP contribution in [0.2, 0.25) is 0 Å². The van der Waals surface area contributed by atoms with Crippen molar-refractivity contribution in [2.24, 2.45) is 5.73 Å². The second-order valence-corrected chi connectivity index (χ2v) is 5.44. The van der Waals surface area contributed by atoms with Gasteiger partial charge >= 0.3 is 0 Å². The summed E-state index contributed by atoms with van der Waals surface area (Å²) in [5.74, 6) is 0. The summed E-state index contributed by atoms with van der Waals surface area (Å²) in [6, 6.07) is 8.43. The van der Waals surface area contributed by atoms with E-state index in [0.717, 1.165) is 16.5 Å². The van der Waals surface area contributed by atoms with Crippen molar-refractivity contribution < 1.29 is 0 Å². The highest BCUT2D eigenvalue weighted by Crippen LogP contribution is 2.26. The van der Waals surface area contributed by atoms with Crippen LogP contribution in [0.5, 0.6) is 0 Å². The van der Waals surface area contributed by atoms with Gasteiger partial charge in [-0.05, 0) is 61.4 Å². The lowest BCUT2D eigenvalue weighted by atomic mass is 10.0. The van der Waals surface area contributed by atoms with E-state index in [1.165, 1.54) is 11.1 Å². The van der Waals surface area contributed by atoms with Gasteiger partial charge in [-0.3, -0.25) is 0 Å². The van der Waals surface area contributed by atoms with Gasteiger partial charge in [-0.15, -0.1) is 0 Å². The summed E-state index contributed by atoms with van der Waals surface area (Å²) in [6.45, 7) is 4.15. The first-order valence-electron chi connectivity index (χ1n) is 5.95. The van der Waals surface area contributed by atoms with E-state index in [1.54, 1.807) is 24.2 Å². The molecule has 2 aromatic rings. The van der Waals surface area contributed by atoms with Crippen LogP contribution in [0, 0.1) is 6.92 Å². The molecule has 0 aliphatic carbocycles. The minimum atomic E-state index is 0.194. The van der Waals surface area contributed by atoms with Crippen LogP contribution >= 0.6 is 11.8 Å². The van der Waals surface area contributed by atoms with Crippen LogP contribution in [-0.4, -0.2) is 16.0 Å². The Bertz CT molecular complexity index is 512. The van der Waals surface area contributed by atoms with Gasteiger partial charge < -0.3 is 5.73 Å². The highest BCUT2D eigenvalue weighted by molar-refractivity contribution is 7.99. The Balaban J connectivity index is 2.14. The molecule has 1 atom stereocenters. The van der Waals surface area contributed by atoms with Crippen LogP contribution in [0.15, 0.2) is 46.7 Å². The normalized spacial score (nSPS) is 12.4. The third-order valence-corrected chi connectivity index (χ3v) is 3.49. The largest absolute Gasteiger partial charge is 0.328 e. The quantitative estimate of drug-likeness (QED) is 0.858. The topological polar surface area (TPSA) is 51.8 Å². The van der Waals surface area contributed by atoms with Gasteiger partial charge in [0.1, 0.15) is 0 Å². The zero-order chi connectivity index (χ0) is 13.0. The van der Waals surface area contributed by atoms with Gasteiger partial charge in [-0.25, -0.2) is 9.97 Å².